The minimum absolute atomic E-state index is 0.188. The van der Waals surface area contributed by atoms with Gasteiger partial charge in [0.2, 0.25) is 5.91 Å². The second kappa shape index (κ2) is 5.22. The number of hydrogen-bond donors (Lipinski definition) is 0. The molecular formula is C10H19NO2. The molecule has 3 heteroatoms. The van der Waals surface area contributed by atoms with Crippen LogP contribution in [0.4, 0.5) is 0 Å². The number of hydrogen-bond acceptors (Lipinski definition) is 2. The van der Waals surface area contributed by atoms with Crippen LogP contribution in [0.25, 0.3) is 0 Å². The van der Waals surface area contributed by atoms with Crippen molar-refractivity contribution >= 4 is 5.91 Å². The van der Waals surface area contributed by atoms with E-state index in [0.29, 0.717) is 6.42 Å². The zero-order valence-corrected chi connectivity index (χ0v) is 8.58. The number of carbonyl (C=O) groups is 1. The number of nitrogens with zero attached hydrogens (tertiary/aromatic N) is 1. The summed E-state index contributed by atoms with van der Waals surface area (Å²) in [4.78, 5) is 13.5. The summed E-state index contributed by atoms with van der Waals surface area (Å²) in [5.74, 6) is 0.233. The first-order valence-electron chi connectivity index (χ1n) is 5.17. The van der Waals surface area contributed by atoms with Gasteiger partial charge in [-0.3, -0.25) is 4.79 Å². The molecule has 76 valence electrons. The molecule has 0 aromatic heterocycles. The van der Waals surface area contributed by atoms with Crippen molar-refractivity contribution in [1.82, 2.24) is 4.90 Å². The van der Waals surface area contributed by atoms with Crippen LogP contribution in [0.5, 0.6) is 0 Å². The molecule has 3 nitrogen and oxygen atoms in total. The van der Waals surface area contributed by atoms with Crippen molar-refractivity contribution in [2.45, 2.75) is 39.2 Å². The Balaban J connectivity index is 2.29. The Labute approximate surface area is 80.1 Å². The summed E-state index contributed by atoms with van der Waals surface area (Å²) in [6.45, 7) is 6.47. The summed E-state index contributed by atoms with van der Waals surface area (Å²) < 4.78 is 5.42. The van der Waals surface area contributed by atoms with Gasteiger partial charge in [-0.1, -0.05) is 0 Å². The third-order valence-electron chi connectivity index (χ3n) is 2.54. The largest absolute Gasteiger partial charge is 0.378 e. The lowest BCUT2D eigenvalue weighted by Crippen LogP contribution is -2.32. The number of amides is 1. The highest BCUT2D eigenvalue weighted by Gasteiger charge is 2.21. The lowest BCUT2D eigenvalue weighted by molar-refractivity contribution is -0.133. The minimum atomic E-state index is 0.188. The molecule has 1 aliphatic heterocycles. The van der Waals surface area contributed by atoms with Gasteiger partial charge in [0.15, 0.2) is 0 Å². The maximum atomic E-state index is 11.6. The summed E-state index contributed by atoms with van der Waals surface area (Å²) in [5.41, 5.74) is 0. The van der Waals surface area contributed by atoms with Crippen LogP contribution < -0.4 is 0 Å². The SMILES string of the molecule is CCN(CC)C(=O)CC1CCCO1. The van der Waals surface area contributed by atoms with Crippen LogP contribution in [0.1, 0.15) is 33.1 Å². The van der Waals surface area contributed by atoms with Gasteiger partial charge in [-0.15, -0.1) is 0 Å². The van der Waals surface area contributed by atoms with E-state index < -0.39 is 0 Å². The fourth-order valence-electron chi connectivity index (χ4n) is 1.71. The van der Waals surface area contributed by atoms with E-state index in [9.17, 15) is 4.79 Å². The third-order valence-corrected chi connectivity index (χ3v) is 2.54. The van der Waals surface area contributed by atoms with Crippen LogP contribution in [0.3, 0.4) is 0 Å². The van der Waals surface area contributed by atoms with Crippen LogP contribution in [0, 0.1) is 0 Å². The molecule has 13 heavy (non-hydrogen) atoms. The van der Waals surface area contributed by atoms with Crippen molar-refractivity contribution in [3.8, 4) is 0 Å². The summed E-state index contributed by atoms with van der Waals surface area (Å²) in [6, 6.07) is 0. The molecule has 1 heterocycles. The van der Waals surface area contributed by atoms with E-state index in [4.69, 9.17) is 4.74 Å². The van der Waals surface area contributed by atoms with E-state index in [2.05, 4.69) is 0 Å². The first kappa shape index (κ1) is 10.5. The van der Waals surface area contributed by atoms with Gasteiger partial charge in [0, 0.05) is 19.7 Å². The fourth-order valence-corrected chi connectivity index (χ4v) is 1.71. The number of ether oxygens (including phenoxy) is 1. The fraction of sp³-hybridized carbons (Fsp3) is 0.900. The Morgan fingerprint density at radius 3 is 2.62 bits per heavy atom. The average Bonchev–Trinajstić information content (AvgIpc) is 2.59. The van der Waals surface area contributed by atoms with Crippen molar-refractivity contribution in [2.24, 2.45) is 0 Å². The molecule has 1 fully saturated rings. The van der Waals surface area contributed by atoms with E-state index in [0.717, 1.165) is 32.5 Å². The monoisotopic (exact) mass is 185 g/mol. The smallest absolute Gasteiger partial charge is 0.225 e. The van der Waals surface area contributed by atoms with E-state index >= 15 is 0 Å². The first-order chi connectivity index (χ1) is 6.27. The van der Waals surface area contributed by atoms with Gasteiger partial charge in [-0.05, 0) is 26.7 Å². The Hall–Kier alpha value is -0.570. The molecule has 0 N–H and O–H groups in total. The lowest BCUT2D eigenvalue weighted by Gasteiger charge is -2.20. The van der Waals surface area contributed by atoms with Crippen molar-refractivity contribution in [3.05, 3.63) is 0 Å². The van der Waals surface area contributed by atoms with E-state index in [-0.39, 0.29) is 12.0 Å². The van der Waals surface area contributed by atoms with Crippen molar-refractivity contribution in [1.29, 1.82) is 0 Å². The van der Waals surface area contributed by atoms with E-state index in [1.54, 1.807) is 0 Å². The quantitative estimate of drug-likeness (QED) is 0.663. The van der Waals surface area contributed by atoms with E-state index in [1.165, 1.54) is 0 Å². The topological polar surface area (TPSA) is 29.5 Å². The van der Waals surface area contributed by atoms with Gasteiger partial charge < -0.3 is 9.64 Å². The highest BCUT2D eigenvalue weighted by atomic mass is 16.5. The van der Waals surface area contributed by atoms with Crippen molar-refractivity contribution < 1.29 is 9.53 Å². The third kappa shape index (κ3) is 2.99. The zero-order chi connectivity index (χ0) is 9.68. The molecule has 1 unspecified atom stereocenters. The first-order valence-corrected chi connectivity index (χ1v) is 5.17. The summed E-state index contributed by atoms with van der Waals surface area (Å²) in [7, 11) is 0. The van der Waals surface area contributed by atoms with Gasteiger partial charge in [0.1, 0.15) is 0 Å². The molecule has 0 aliphatic carbocycles. The summed E-state index contributed by atoms with van der Waals surface area (Å²) in [5, 5.41) is 0. The molecule has 1 saturated heterocycles. The van der Waals surface area contributed by atoms with Crippen molar-refractivity contribution in [2.75, 3.05) is 19.7 Å². The van der Waals surface area contributed by atoms with Crippen LogP contribution >= 0.6 is 0 Å². The minimum Gasteiger partial charge on any atom is -0.378 e. The highest BCUT2D eigenvalue weighted by Crippen LogP contribution is 2.16. The number of rotatable bonds is 4. The predicted octanol–water partition coefficient (Wildman–Crippen LogP) is 1.42. The predicted molar refractivity (Wildman–Crippen MR) is 51.5 cm³/mol. The Morgan fingerprint density at radius 2 is 2.15 bits per heavy atom. The van der Waals surface area contributed by atoms with Crippen LogP contribution in [0.15, 0.2) is 0 Å². The molecule has 1 atom stereocenters. The molecule has 1 rings (SSSR count). The summed E-state index contributed by atoms with van der Waals surface area (Å²) >= 11 is 0. The molecule has 0 aromatic carbocycles. The Morgan fingerprint density at radius 1 is 1.46 bits per heavy atom. The second-order valence-electron chi connectivity index (χ2n) is 3.41. The second-order valence-corrected chi connectivity index (χ2v) is 3.41. The molecule has 0 bridgehead atoms. The number of carbonyl (C=O) groups excluding carboxylic acids is 1. The Bertz CT molecular complexity index is 160. The standard InChI is InChI=1S/C10H19NO2/c1-3-11(4-2)10(12)8-9-6-5-7-13-9/h9H,3-8H2,1-2H3. The average molecular weight is 185 g/mol. The molecule has 1 amide bonds. The van der Waals surface area contributed by atoms with Gasteiger partial charge in [-0.25, -0.2) is 0 Å². The van der Waals surface area contributed by atoms with Gasteiger partial charge in [0.25, 0.3) is 0 Å². The van der Waals surface area contributed by atoms with Crippen LogP contribution in [-0.2, 0) is 9.53 Å². The normalized spacial score (nSPS) is 21.8. The van der Waals surface area contributed by atoms with Crippen LogP contribution in [0.2, 0.25) is 0 Å². The van der Waals surface area contributed by atoms with Crippen molar-refractivity contribution in [3.63, 3.8) is 0 Å². The highest BCUT2D eigenvalue weighted by molar-refractivity contribution is 5.76. The maximum Gasteiger partial charge on any atom is 0.225 e. The Kier molecular flexibility index (Phi) is 4.22. The molecule has 0 aromatic rings. The van der Waals surface area contributed by atoms with E-state index in [1.807, 2.05) is 18.7 Å². The maximum absolute atomic E-state index is 11.6. The van der Waals surface area contributed by atoms with Crippen LogP contribution in [-0.4, -0.2) is 36.6 Å². The molecule has 0 saturated carbocycles. The zero-order valence-electron chi connectivity index (χ0n) is 8.58. The summed E-state index contributed by atoms with van der Waals surface area (Å²) in [6.07, 6.45) is 2.92. The molecule has 1 aliphatic rings. The van der Waals surface area contributed by atoms with Gasteiger partial charge in [-0.2, -0.15) is 0 Å². The lowest BCUT2D eigenvalue weighted by atomic mass is 10.1. The molecule has 0 spiro atoms. The van der Waals surface area contributed by atoms with Gasteiger partial charge in [0.05, 0.1) is 12.5 Å². The molecule has 0 radical (unpaired) electrons. The molecular weight excluding hydrogens is 166 g/mol. The van der Waals surface area contributed by atoms with Gasteiger partial charge >= 0.3 is 0 Å².